The number of hydrogen-bond donors (Lipinski definition) is 0. The van der Waals surface area contributed by atoms with Gasteiger partial charge in [0.2, 0.25) is 0 Å². The van der Waals surface area contributed by atoms with E-state index in [1.807, 2.05) is 30.3 Å². The van der Waals surface area contributed by atoms with E-state index >= 15 is 0 Å². The smallest absolute Gasteiger partial charge is 0.264 e. The number of methoxy groups -OCH3 is 1. The molecule has 2 aromatic carbocycles. The molecule has 0 aliphatic rings. The molecular formula is C17H17NO4. The van der Waals surface area contributed by atoms with Gasteiger partial charge in [0.25, 0.3) is 5.91 Å². The molecule has 2 aromatic rings. The summed E-state index contributed by atoms with van der Waals surface area (Å²) in [7, 11) is 3.19. The number of para-hydroxylation sites is 1. The number of amides is 1. The highest BCUT2D eigenvalue weighted by Crippen LogP contribution is 2.22. The first-order chi connectivity index (χ1) is 10.7. The fraction of sp³-hybridized carbons (Fsp3) is 0.176. The second-order valence-corrected chi connectivity index (χ2v) is 4.60. The molecule has 5 heteroatoms. The van der Waals surface area contributed by atoms with Crippen molar-refractivity contribution in [2.24, 2.45) is 0 Å². The molecule has 0 atom stereocenters. The van der Waals surface area contributed by atoms with Crippen LogP contribution in [0, 0.1) is 0 Å². The Morgan fingerprint density at radius 2 is 1.91 bits per heavy atom. The summed E-state index contributed by atoms with van der Waals surface area (Å²) in [4.78, 5) is 24.7. The van der Waals surface area contributed by atoms with Gasteiger partial charge in [0.1, 0.15) is 11.5 Å². The fourth-order valence-corrected chi connectivity index (χ4v) is 1.91. The largest absolute Gasteiger partial charge is 0.497 e. The number of carbonyl (C=O) groups excluding carboxylic acids is 2. The number of likely N-dealkylation sites (N-methyl/N-ethyl adjacent to an activating group) is 1. The lowest BCUT2D eigenvalue weighted by atomic mass is 10.2. The van der Waals surface area contributed by atoms with Crippen molar-refractivity contribution in [3.8, 4) is 11.5 Å². The Morgan fingerprint density at radius 1 is 1.18 bits per heavy atom. The molecule has 2 rings (SSSR count). The lowest BCUT2D eigenvalue weighted by molar-refractivity contribution is -0.120. The molecule has 22 heavy (non-hydrogen) atoms. The van der Waals surface area contributed by atoms with Crippen molar-refractivity contribution in [3.63, 3.8) is 0 Å². The number of anilines is 1. The van der Waals surface area contributed by atoms with Gasteiger partial charge in [-0.3, -0.25) is 9.59 Å². The van der Waals surface area contributed by atoms with Crippen LogP contribution in [0.15, 0.2) is 48.5 Å². The third-order valence-corrected chi connectivity index (χ3v) is 3.21. The second kappa shape index (κ2) is 7.26. The molecule has 0 fully saturated rings. The summed E-state index contributed by atoms with van der Waals surface area (Å²) >= 11 is 0. The van der Waals surface area contributed by atoms with Crippen LogP contribution in [0.4, 0.5) is 5.69 Å². The van der Waals surface area contributed by atoms with Gasteiger partial charge in [0.15, 0.2) is 12.9 Å². The highest BCUT2D eigenvalue weighted by Gasteiger charge is 2.13. The van der Waals surface area contributed by atoms with Crippen molar-refractivity contribution in [1.82, 2.24) is 0 Å². The summed E-state index contributed by atoms with van der Waals surface area (Å²) < 4.78 is 10.5. The van der Waals surface area contributed by atoms with E-state index in [0.717, 1.165) is 5.69 Å². The summed E-state index contributed by atoms with van der Waals surface area (Å²) in [6.45, 7) is -0.154. The lowest BCUT2D eigenvalue weighted by Crippen LogP contribution is -2.31. The van der Waals surface area contributed by atoms with Gasteiger partial charge in [-0.05, 0) is 30.3 Å². The lowest BCUT2D eigenvalue weighted by Gasteiger charge is -2.18. The Kier molecular flexibility index (Phi) is 5.14. The number of aldehydes is 1. The van der Waals surface area contributed by atoms with Crippen molar-refractivity contribution in [2.45, 2.75) is 0 Å². The molecule has 0 saturated carbocycles. The third kappa shape index (κ3) is 3.63. The van der Waals surface area contributed by atoms with Crippen LogP contribution in [-0.4, -0.2) is 33.0 Å². The minimum absolute atomic E-state index is 0.154. The van der Waals surface area contributed by atoms with E-state index in [1.165, 1.54) is 12.0 Å². The second-order valence-electron chi connectivity index (χ2n) is 4.60. The van der Waals surface area contributed by atoms with E-state index in [0.29, 0.717) is 23.3 Å². The normalized spacial score (nSPS) is 9.91. The van der Waals surface area contributed by atoms with Crippen LogP contribution in [0.25, 0.3) is 0 Å². The zero-order valence-corrected chi connectivity index (χ0v) is 12.5. The van der Waals surface area contributed by atoms with Gasteiger partial charge in [-0.25, -0.2) is 0 Å². The summed E-state index contributed by atoms with van der Waals surface area (Å²) in [5.74, 6) is 0.701. The minimum atomic E-state index is -0.209. The van der Waals surface area contributed by atoms with Gasteiger partial charge in [-0.1, -0.05) is 18.2 Å². The zero-order valence-electron chi connectivity index (χ0n) is 12.5. The Hall–Kier alpha value is -2.82. The van der Waals surface area contributed by atoms with Crippen LogP contribution >= 0.6 is 0 Å². The first kappa shape index (κ1) is 15.6. The highest BCUT2D eigenvalue weighted by atomic mass is 16.5. The molecule has 1 amide bonds. The number of carbonyl (C=O) groups is 2. The fourth-order valence-electron chi connectivity index (χ4n) is 1.91. The SMILES string of the molecule is COc1ccc(OCC(=O)N(C)c2ccccc2)c(C=O)c1. The van der Waals surface area contributed by atoms with E-state index < -0.39 is 0 Å². The number of nitrogens with zero attached hydrogens (tertiary/aromatic N) is 1. The van der Waals surface area contributed by atoms with Crippen LogP contribution in [-0.2, 0) is 4.79 Å². The number of benzene rings is 2. The Morgan fingerprint density at radius 3 is 2.55 bits per heavy atom. The molecule has 0 saturated heterocycles. The topological polar surface area (TPSA) is 55.8 Å². The minimum Gasteiger partial charge on any atom is -0.497 e. The Bertz CT molecular complexity index is 655. The maximum Gasteiger partial charge on any atom is 0.264 e. The maximum atomic E-state index is 12.1. The van der Waals surface area contributed by atoms with E-state index in [-0.39, 0.29) is 12.5 Å². The monoisotopic (exact) mass is 299 g/mol. The van der Waals surface area contributed by atoms with Gasteiger partial charge in [0, 0.05) is 12.7 Å². The van der Waals surface area contributed by atoms with Crippen molar-refractivity contribution < 1.29 is 19.1 Å². The summed E-state index contributed by atoms with van der Waals surface area (Å²) in [5.41, 5.74) is 1.12. The summed E-state index contributed by atoms with van der Waals surface area (Å²) in [6.07, 6.45) is 0.670. The van der Waals surface area contributed by atoms with Crippen LogP contribution < -0.4 is 14.4 Å². The van der Waals surface area contributed by atoms with Crippen molar-refractivity contribution in [1.29, 1.82) is 0 Å². The molecule has 0 radical (unpaired) electrons. The Balaban J connectivity index is 2.03. The molecule has 0 aliphatic carbocycles. The third-order valence-electron chi connectivity index (χ3n) is 3.21. The predicted molar refractivity (Wildman–Crippen MR) is 83.7 cm³/mol. The quantitative estimate of drug-likeness (QED) is 0.769. The van der Waals surface area contributed by atoms with Gasteiger partial charge in [-0.15, -0.1) is 0 Å². The summed E-state index contributed by atoms with van der Waals surface area (Å²) in [6, 6.07) is 14.1. The van der Waals surface area contributed by atoms with Crippen LogP contribution in [0.1, 0.15) is 10.4 Å². The average Bonchev–Trinajstić information content (AvgIpc) is 2.59. The Labute approximate surface area is 129 Å². The molecule has 0 spiro atoms. The first-order valence-corrected chi connectivity index (χ1v) is 6.73. The van der Waals surface area contributed by atoms with E-state index in [4.69, 9.17) is 9.47 Å². The predicted octanol–water partition coefficient (Wildman–Crippen LogP) is 2.55. The van der Waals surface area contributed by atoms with Crippen molar-refractivity contribution >= 4 is 17.9 Å². The number of hydrogen-bond acceptors (Lipinski definition) is 4. The highest BCUT2D eigenvalue weighted by molar-refractivity contribution is 5.94. The van der Waals surface area contributed by atoms with Gasteiger partial charge >= 0.3 is 0 Å². The van der Waals surface area contributed by atoms with E-state index in [2.05, 4.69) is 0 Å². The molecule has 0 unspecified atom stereocenters. The van der Waals surface area contributed by atoms with Crippen LogP contribution in [0.2, 0.25) is 0 Å². The zero-order chi connectivity index (χ0) is 15.9. The standard InChI is InChI=1S/C17H17NO4/c1-18(14-6-4-3-5-7-14)17(20)12-22-16-9-8-15(21-2)10-13(16)11-19/h3-11H,12H2,1-2H3. The van der Waals surface area contributed by atoms with E-state index in [1.54, 1.807) is 25.2 Å². The summed E-state index contributed by atoms with van der Waals surface area (Å²) in [5, 5.41) is 0. The molecule has 0 N–H and O–H groups in total. The molecule has 0 heterocycles. The van der Waals surface area contributed by atoms with Gasteiger partial charge in [0.05, 0.1) is 12.7 Å². The van der Waals surface area contributed by atoms with Gasteiger partial charge in [-0.2, -0.15) is 0 Å². The molecule has 0 aliphatic heterocycles. The number of ether oxygens (including phenoxy) is 2. The van der Waals surface area contributed by atoms with Crippen molar-refractivity contribution in [3.05, 3.63) is 54.1 Å². The van der Waals surface area contributed by atoms with E-state index in [9.17, 15) is 9.59 Å². The van der Waals surface area contributed by atoms with Crippen LogP contribution in [0.5, 0.6) is 11.5 Å². The average molecular weight is 299 g/mol. The molecule has 0 aromatic heterocycles. The molecule has 5 nitrogen and oxygen atoms in total. The van der Waals surface area contributed by atoms with Gasteiger partial charge < -0.3 is 14.4 Å². The molecule has 0 bridgehead atoms. The molecular weight excluding hydrogens is 282 g/mol. The van der Waals surface area contributed by atoms with Crippen molar-refractivity contribution in [2.75, 3.05) is 25.7 Å². The molecule has 114 valence electrons. The van der Waals surface area contributed by atoms with Crippen LogP contribution in [0.3, 0.4) is 0 Å². The number of rotatable bonds is 6. The first-order valence-electron chi connectivity index (χ1n) is 6.73. The maximum absolute atomic E-state index is 12.1.